The highest BCUT2D eigenvalue weighted by molar-refractivity contribution is 7.98. The predicted octanol–water partition coefficient (Wildman–Crippen LogP) is 0.720. The van der Waals surface area contributed by atoms with E-state index >= 15 is 0 Å². The first-order chi connectivity index (χ1) is 4.56. The van der Waals surface area contributed by atoms with E-state index in [4.69, 9.17) is 5.14 Å². The summed E-state index contributed by atoms with van der Waals surface area (Å²) in [5.74, 6) is 1.12. The van der Waals surface area contributed by atoms with Crippen molar-refractivity contribution in [3.63, 3.8) is 0 Å². The second kappa shape index (κ2) is 5.04. The van der Waals surface area contributed by atoms with Gasteiger partial charge >= 0.3 is 0 Å². The summed E-state index contributed by atoms with van der Waals surface area (Å²) < 4.78 is 10.9. The molecule has 4 heteroatoms. The SMILES string of the molecule is CSCCCC=S(C)(N)=O. The van der Waals surface area contributed by atoms with E-state index in [1.54, 1.807) is 23.4 Å². The number of thioether (sulfide) groups is 1. The molecule has 0 aromatic heterocycles. The zero-order valence-electron chi connectivity index (χ0n) is 6.50. The van der Waals surface area contributed by atoms with E-state index in [2.05, 4.69) is 6.26 Å². The van der Waals surface area contributed by atoms with E-state index in [1.807, 2.05) is 0 Å². The highest BCUT2D eigenvalue weighted by Crippen LogP contribution is 1.97. The van der Waals surface area contributed by atoms with Crippen molar-refractivity contribution in [1.82, 2.24) is 0 Å². The lowest BCUT2D eigenvalue weighted by atomic mass is 10.4. The number of rotatable bonds is 4. The lowest BCUT2D eigenvalue weighted by Crippen LogP contribution is -2.12. The molecule has 0 radical (unpaired) electrons. The molecule has 0 saturated carbocycles. The summed E-state index contributed by atoms with van der Waals surface area (Å²) >= 11 is 1.80. The van der Waals surface area contributed by atoms with E-state index in [9.17, 15) is 4.21 Å². The fourth-order valence-corrected chi connectivity index (χ4v) is 1.64. The van der Waals surface area contributed by atoms with E-state index in [0.717, 1.165) is 18.6 Å². The maximum atomic E-state index is 10.9. The van der Waals surface area contributed by atoms with Crippen LogP contribution in [0.4, 0.5) is 0 Å². The summed E-state index contributed by atoms with van der Waals surface area (Å²) in [6, 6.07) is 0. The molecule has 0 bridgehead atoms. The number of hydrogen-bond donors (Lipinski definition) is 1. The molecular weight excluding hydrogens is 166 g/mol. The van der Waals surface area contributed by atoms with Crippen molar-refractivity contribution in [2.75, 3.05) is 18.3 Å². The van der Waals surface area contributed by atoms with Gasteiger partial charge in [-0.3, -0.25) is 9.35 Å². The Morgan fingerprint density at radius 1 is 1.70 bits per heavy atom. The summed E-state index contributed by atoms with van der Waals surface area (Å²) in [4.78, 5) is 0. The Bertz CT molecular complexity index is 174. The zero-order valence-corrected chi connectivity index (χ0v) is 8.13. The molecule has 0 aliphatic heterocycles. The van der Waals surface area contributed by atoms with Crippen LogP contribution < -0.4 is 5.14 Å². The molecular formula is C6H15NOS2. The Labute approximate surface area is 67.7 Å². The summed E-state index contributed by atoms with van der Waals surface area (Å²) in [7, 11) is -2.09. The Balaban J connectivity index is 3.45. The molecule has 0 aliphatic rings. The summed E-state index contributed by atoms with van der Waals surface area (Å²) in [6.07, 6.45) is 5.56. The minimum absolute atomic E-state index is 0.868. The van der Waals surface area contributed by atoms with E-state index in [0.29, 0.717) is 0 Å². The van der Waals surface area contributed by atoms with E-state index in [1.165, 1.54) is 0 Å². The van der Waals surface area contributed by atoms with Crippen LogP contribution in [0.15, 0.2) is 0 Å². The molecule has 0 aromatic carbocycles. The van der Waals surface area contributed by atoms with E-state index in [-0.39, 0.29) is 0 Å². The lowest BCUT2D eigenvalue weighted by Gasteiger charge is -1.94. The van der Waals surface area contributed by atoms with Gasteiger partial charge in [0, 0.05) is 16.0 Å². The molecule has 0 heterocycles. The molecule has 10 heavy (non-hydrogen) atoms. The van der Waals surface area contributed by atoms with Gasteiger partial charge in [-0.1, -0.05) is 0 Å². The van der Waals surface area contributed by atoms with Crippen LogP contribution in [0.3, 0.4) is 0 Å². The number of unbranched alkanes of at least 4 members (excludes halogenated alkanes) is 1. The zero-order chi connectivity index (χ0) is 8.04. The molecule has 0 aromatic rings. The van der Waals surface area contributed by atoms with Crippen molar-refractivity contribution in [3.8, 4) is 0 Å². The molecule has 1 atom stereocenters. The monoisotopic (exact) mass is 181 g/mol. The fourth-order valence-electron chi connectivity index (χ4n) is 0.545. The second-order valence-corrected chi connectivity index (χ2v) is 5.52. The minimum atomic E-state index is -2.09. The average molecular weight is 181 g/mol. The van der Waals surface area contributed by atoms with Crippen LogP contribution in [0.1, 0.15) is 12.8 Å². The molecule has 0 rings (SSSR count). The molecule has 0 aliphatic carbocycles. The largest absolute Gasteiger partial charge is 0.260 e. The van der Waals surface area contributed by atoms with Crippen molar-refractivity contribution in [2.24, 2.45) is 5.14 Å². The average Bonchev–Trinajstić information content (AvgIpc) is 1.78. The Morgan fingerprint density at radius 2 is 2.30 bits per heavy atom. The van der Waals surface area contributed by atoms with Gasteiger partial charge in [-0.25, -0.2) is 0 Å². The molecule has 2 nitrogen and oxygen atoms in total. The van der Waals surface area contributed by atoms with Crippen LogP contribution in [-0.2, 0) is 9.71 Å². The first kappa shape index (κ1) is 10.3. The van der Waals surface area contributed by atoms with Gasteiger partial charge in [0.25, 0.3) is 0 Å². The normalized spacial score (nSPS) is 16.3. The van der Waals surface area contributed by atoms with Crippen LogP contribution in [0.2, 0.25) is 0 Å². The van der Waals surface area contributed by atoms with Gasteiger partial charge < -0.3 is 0 Å². The Hall–Kier alpha value is 0.330. The van der Waals surface area contributed by atoms with Gasteiger partial charge in [0.1, 0.15) is 0 Å². The first-order valence-electron chi connectivity index (χ1n) is 3.15. The van der Waals surface area contributed by atoms with Crippen LogP contribution in [-0.4, -0.2) is 27.8 Å². The topological polar surface area (TPSA) is 43.1 Å². The summed E-state index contributed by atoms with van der Waals surface area (Å²) in [6.45, 7) is 0. The quantitative estimate of drug-likeness (QED) is 0.513. The lowest BCUT2D eigenvalue weighted by molar-refractivity contribution is 0.685. The second-order valence-electron chi connectivity index (χ2n) is 2.27. The van der Waals surface area contributed by atoms with Crippen molar-refractivity contribution < 1.29 is 4.21 Å². The summed E-state index contributed by atoms with van der Waals surface area (Å²) in [5, 5.41) is 6.99. The third kappa shape index (κ3) is 8.33. The van der Waals surface area contributed by atoms with Gasteiger partial charge in [0.2, 0.25) is 0 Å². The van der Waals surface area contributed by atoms with Gasteiger partial charge in [0.05, 0.1) is 0 Å². The first-order valence-corrected chi connectivity index (χ1v) is 6.64. The molecule has 0 amide bonds. The molecule has 0 saturated heterocycles. The van der Waals surface area contributed by atoms with Crippen LogP contribution in [0, 0.1) is 0 Å². The smallest absolute Gasteiger partial charge is 0.0224 e. The molecule has 2 N–H and O–H groups in total. The van der Waals surface area contributed by atoms with Gasteiger partial charge in [-0.15, -0.1) is 0 Å². The van der Waals surface area contributed by atoms with Crippen molar-refractivity contribution in [2.45, 2.75) is 12.8 Å². The van der Waals surface area contributed by atoms with Gasteiger partial charge in [0.15, 0.2) is 0 Å². The van der Waals surface area contributed by atoms with Crippen LogP contribution in [0.25, 0.3) is 0 Å². The van der Waals surface area contributed by atoms with Gasteiger partial charge in [-0.2, -0.15) is 11.8 Å². The molecule has 1 unspecified atom stereocenters. The Kier molecular flexibility index (Phi) is 5.21. The maximum absolute atomic E-state index is 10.9. The number of hydrogen-bond acceptors (Lipinski definition) is 2. The van der Waals surface area contributed by atoms with Crippen LogP contribution >= 0.6 is 11.8 Å². The van der Waals surface area contributed by atoms with Crippen molar-refractivity contribution in [3.05, 3.63) is 0 Å². The number of nitrogens with two attached hydrogens (primary N) is 1. The fraction of sp³-hybridized carbons (Fsp3) is 0.833. The van der Waals surface area contributed by atoms with Crippen molar-refractivity contribution in [1.29, 1.82) is 0 Å². The highest BCUT2D eigenvalue weighted by atomic mass is 32.2. The minimum Gasteiger partial charge on any atom is -0.260 e. The van der Waals surface area contributed by atoms with Crippen LogP contribution in [0.5, 0.6) is 0 Å². The van der Waals surface area contributed by atoms with E-state index < -0.39 is 9.71 Å². The Morgan fingerprint density at radius 3 is 2.70 bits per heavy atom. The standard InChI is InChI=1S/C6H15NOS2/c1-9-5-3-4-6-10(2,7)8/h6H,3-5H2,1-2H3,(H2,7,8). The maximum Gasteiger partial charge on any atom is 0.0224 e. The highest BCUT2D eigenvalue weighted by Gasteiger charge is 1.87. The molecule has 0 fully saturated rings. The molecule has 62 valence electrons. The summed E-state index contributed by atoms with van der Waals surface area (Å²) in [5.41, 5.74) is 0. The van der Waals surface area contributed by atoms with Gasteiger partial charge in [-0.05, 0) is 30.2 Å². The third-order valence-electron chi connectivity index (χ3n) is 1.00. The van der Waals surface area contributed by atoms with Crippen molar-refractivity contribution >= 4 is 26.8 Å². The predicted molar refractivity (Wildman–Crippen MR) is 51.9 cm³/mol. The molecule has 0 spiro atoms. The third-order valence-corrected chi connectivity index (χ3v) is 2.60.